The lowest BCUT2D eigenvalue weighted by molar-refractivity contribution is -0.137. The number of aromatic nitrogens is 1. The van der Waals surface area contributed by atoms with E-state index in [0.717, 1.165) is 45.8 Å². The van der Waals surface area contributed by atoms with Crippen molar-refractivity contribution >= 4 is 29.0 Å². The first-order valence-corrected chi connectivity index (χ1v) is 13.3. The fourth-order valence-electron chi connectivity index (χ4n) is 4.54. The van der Waals surface area contributed by atoms with E-state index in [0.29, 0.717) is 11.3 Å². The molecule has 4 aromatic carbocycles. The highest BCUT2D eigenvalue weighted by Gasteiger charge is 2.31. The van der Waals surface area contributed by atoms with Crippen LogP contribution in [0.25, 0.3) is 22.0 Å². The zero-order valence-electron chi connectivity index (χ0n) is 23.2. The van der Waals surface area contributed by atoms with Crippen molar-refractivity contribution in [1.82, 2.24) is 10.4 Å². The number of halogens is 3. The number of fused-ring (bicyclic) bond motifs is 1. The molecule has 0 aliphatic heterocycles. The van der Waals surface area contributed by atoms with Crippen LogP contribution < -0.4 is 14.9 Å². The Morgan fingerprint density at radius 3 is 2.47 bits per heavy atom. The fourth-order valence-corrected chi connectivity index (χ4v) is 4.54. The van der Waals surface area contributed by atoms with Gasteiger partial charge in [0.1, 0.15) is 5.69 Å². The van der Waals surface area contributed by atoms with Crippen LogP contribution in [0.1, 0.15) is 44.5 Å². The number of nitrogens with zero attached hydrogens (tertiary/aromatic N) is 1. The third-order valence-corrected chi connectivity index (χ3v) is 6.52. The molecule has 7 nitrogen and oxygen atoms in total. The van der Waals surface area contributed by atoms with Gasteiger partial charge in [-0.3, -0.25) is 4.79 Å². The number of carbonyl (C=O) groups is 2. The van der Waals surface area contributed by atoms with Gasteiger partial charge in [-0.05, 0) is 73.5 Å². The van der Waals surface area contributed by atoms with E-state index in [1.54, 1.807) is 13.0 Å². The molecular formula is C33H26F3N3O4. The van der Waals surface area contributed by atoms with E-state index in [4.69, 9.17) is 9.47 Å². The molecule has 0 spiro atoms. The number of hydrogen-bond donors (Lipinski definition) is 2. The molecule has 5 rings (SSSR count). The van der Waals surface area contributed by atoms with Crippen LogP contribution in [0.3, 0.4) is 0 Å². The van der Waals surface area contributed by atoms with E-state index in [-0.39, 0.29) is 23.7 Å². The Morgan fingerprint density at radius 1 is 0.930 bits per heavy atom. The van der Waals surface area contributed by atoms with Gasteiger partial charge < -0.3 is 14.5 Å². The Kier molecular flexibility index (Phi) is 8.29. The minimum atomic E-state index is -4.60. The molecule has 0 aliphatic rings. The fraction of sp³-hybridized carbons (Fsp3) is 0.121. The number of nitrogens with one attached hydrogen (secondary N) is 2. The van der Waals surface area contributed by atoms with E-state index >= 15 is 0 Å². The summed E-state index contributed by atoms with van der Waals surface area (Å²) in [6.07, 6.45) is -3.20. The number of carbonyl (C=O) groups excluding carboxylic acids is 2. The summed E-state index contributed by atoms with van der Waals surface area (Å²) in [5.41, 5.74) is 5.72. The second kappa shape index (κ2) is 12.2. The first kappa shape index (κ1) is 29.1. The summed E-state index contributed by atoms with van der Waals surface area (Å²) in [7, 11) is 0. The summed E-state index contributed by atoms with van der Waals surface area (Å²) < 4.78 is 50.1. The number of amides is 1. The lowest BCUT2D eigenvalue weighted by Crippen LogP contribution is -2.18. The van der Waals surface area contributed by atoms with Crippen LogP contribution in [-0.2, 0) is 6.18 Å². The number of H-pyrrole nitrogens is 1. The number of benzene rings is 4. The largest absolute Gasteiger partial charge is 0.490 e. The van der Waals surface area contributed by atoms with E-state index in [9.17, 15) is 22.8 Å². The molecule has 0 radical (unpaired) electrons. The molecule has 0 aliphatic carbocycles. The van der Waals surface area contributed by atoms with Gasteiger partial charge in [0.25, 0.3) is 5.91 Å². The predicted octanol–water partition coefficient (Wildman–Crippen LogP) is 7.54. The zero-order valence-corrected chi connectivity index (χ0v) is 23.2. The molecule has 0 unspecified atom stereocenters. The van der Waals surface area contributed by atoms with Crippen molar-refractivity contribution in [2.24, 2.45) is 5.10 Å². The van der Waals surface area contributed by atoms with Gasteiger partial charge in [-0.2, -0.15) is 18.3 Å². The van der Waals surface area contributed by atoms with Crippen LogP contribution in [0.2, 0.25) is 0 Å². The number of esters is 1. The van der Waals surface area contributed by atoms with Gasteiger partial charge in [0, 0.05) is 16.5 Å². The molecular weight excluding hydrogens is 559 g/mol. The Bertz CT molecular complexity index is 1830. The first-order chi connectivity index (χ1) is 20.6. The second-order valence-corrected chi connectivity index (χ2v) is 9.60. The smallest absolute Gasteiger partial charge is 0.416 e. The van der Waals surface area contributed by atoms with Gasteiger partial charge in [-0.25, -0.2) is 10.2 Å². The van der Waals surface area contributed by atoms with E-state index < -0.39 is 23.6 Å². The number of hydrogen-bond acceptors (Lipinski definition) is 5. The summed E-state index contributed by atoms with van der Waals surface area (Å²) in [6, 6.07) is 24.0. The SMILES string of the molecule is CCOc1cc(C=NNC(=O)c2[nH]c3ccc(C)cc3c2-c2ccccc2)ccc1OC(=O)c1cccc(C(F)(F)F)c1. The van der Waals surface area contributed by atoms with Crippen LogP contribution in [0, 0.1) is 6.92 Å². The number of aryl methyl sites for hydroxylation is 1. The molecule has 5 aromatic rings. The molecule has 10 heteroatoms. The second-order valence-electron chi connectivity index (χ2n) is 9.60. The quantitative estimate of drug-likeness (QED) is 0.0852. The molecule has 0 saturated heterocycles. The standard InChI is InChI=1S/C33H26F3N3O4/c1-3-42-28-17-21(13-15-27(28)43-32(41)23-10-7-11-24(18-23)33(34,35)36)19-37-39-31(40)30-29(22-8-5-4-6-9-22)25-16-20(2)12-14-26(25)38-30/h4-19,38H,3H2,1-2H3,(H,39,40). The molecule has 0 fully saturated rings. The van der Waals surface area contributed by atoms with Gasteiger partial charge >= 0.3 is 12.1 Å². The Balaban J connectivity index is 1.35. The van der Waals surface area contributed by atoms with E-state index in [2.05, 4.69) is 15.5 Å². The van der Waals surface area contributed by atoms with Crippen LogP contribution in [0.4, 0.5) is 13.2 Å². The van der Waals surface area contributed by atoms with Gasteiger partial charge in [-0.1, -0.05) is 48.0 Å². The highest BCUT2D eigenvalue weighted by Crippen LogP contribution is 2.34. The van der Waals surface area contributed by atoms with Crippen molar-refractivity contribution in [3.63, 3.8) is 0 Å². The molecule has 1 heterocycles. The van der Waals surface area contributed by atoms with Crippen LogP contribution >= 0.6 is 0 Å². The Labute approximate surface area is 245 Å². The van der Waals surface area contributed by atoms with Crippen LogP contribution in [-0.4, -0.2) is 29.7 Å². The molecule has 0 saturated carbocycles. The monoisotopic (exact) mass is 585 g/mol. The summed E-state index contributed by atoms with van der Waals surface area (Å²) in [5.74, 6) is -1.22. The van der Waals surface area contributed by atoms with Crippen molar-refractivity contribution in [1.29, 1.82) is 0 Å². The number of hydrazone groups is 1. The minimum absolute atomic E-state index is 0.0197. The highest BCUT2D eigenvalue weighted by atomic mass is 19.4. The third-order valence-electron chi connectivity index (χ3n) is 6.52. The van der Waals surface area contributed by atoms with Crippen molar-refractivity contribution in [3.05, 3.63) is 119 Å². The topological polar surface area (TPSA) is 92.8 Å². The molecule has 0 bridgehead atoms. The molecule has 218 valence electrons. The van der Waals surface area contributed by atoms with E-state index in [1.807, 2.05) is 55.5 Å². The predicted molar refractivity (Wildman–Crippen MR) is 158 cm³/mol. The summed E-state index contributed by atoms with van der Waals surface area (Å²) in [5, 5.41) is 5.01. The number of alkyl halides is 3. The van der Waals surface area contributed by atoms with Crippen molar-refractivity contribution in [2.45, 2.75) is 20.0 Å². The lowest BCUT2D eigenvalue weighted by atomic mass is 10.0. The van der Waals surface area contributed by atoms with Crippen molar-refractivity contribution in [3.8, 4) is 22.6 Å². The zero-order chi connectivity index (χ0) is 30.6. The maximum Gasteiger partial charge on any atom is 0.416 e. The summed E-state index contributed by atoms with van der Waals surface area (Å²) in [4.78, 5) is 29.0. The Hall–Kier alpha value is -5.38. The number of aromatic amines is 1. The van der Waals surface area contributed by atoms with Gasteiger partial charge in [0.2, 0.25) is 0 Å². The number of rotatable bonds is 8. The summed E-state index contributed by atoms with van der Waals surface area (Å²) in [6.45, 7) is 3.94. The average Bonchev–Trinajstić information content (AvgIpc) is 3.37. The highest BCUT2D eigenvalue weighted by molar-refractivity contribution is 6.10. The molecule has 2 N–H and O–H groups in total. The van der Waals surface area contributed by atoms with Gasteiger partial charge in [0.15, 0.2) is 11.5 Å². The lowest BCUT2D eigenvalue weighted by Gasteiger charge is -2.12. The van der Waals surface area contributed by atoms with Crippen molar-refractivity contribution in [2.75, 3.05) is 6.61 Å². The average molecular weight is 586 g/mol. The van der Waals surface area contributed by atoms with E-state index in [1.165, 1.54) is 24.4 Å². The van der Waals surface area contributed by atoms with Gasteiger partial charge in [0.05, 0.1) is 23.9 Å². The van der Waals surface area contributed by atoms with Crippen LogP contribution in [0.15, 0.2) is 96.1 Å². The summed E-state index contributed by atoms with van der Waals surface area (Å²) >= 11 is 0. The maximum atomic E-state index is 13.2. The van der Waals surface area contributed by atoms with Crippen LogP contribution in [0.5, 0.6) is 11.5 Å². The number of ether oxygens (including phenoxy) is 2. The Morgan fingerprint density at radius 2 is 1.72 bits per heavy atom. The van der Waals surface area contributed by atoms with Gasteiger partial charge in [-0.15, -0.1) is 0 Å². The molecule has 0 atom stereocenters. The first-order valence-electron chi connectivity index (χ1n) is 13.3. The normalized spacial score (nSPS) is 11.6. The minimum Gasteiger partial charge on any atom is -0.490 e. The molecule has 1 aromatic heterocycles. The molecule has 1 amide bonds. The maximum absolute atomic E-state index is 13.2. The van der Waals surface area contributed by atoms with Crippen molar-refractivity contribution < 1.29 is 32.2 Å². The third kappa shape index (κ3) is 6.59. The molecule has 43 heavy (non-hydrogen) atoms.